The lowest BCUT2D eigenvalue weighted by Gasteiger charge is -2.20. The molecule has 1 saturated carbocycles. The molecule has 9 nitrogen and oxygen atoms in total. The lowest BCUT2D eigenvalue weighted by Crippen LogP contribution is -3.11. The van der Waals surface area contributed by atoms with E-state index >= 15 is 0 Å². The van der Waals surface area contributed by atoms with Crippen molar-refractivity contribution in [1.82, 2.24) is 0 Å². The predicted molar refractivity (Wildman–Crippen MR) is 71.0 cm³/mol. The zero-order valence-electron chi connectivity index (χ0n) is 12.7. The minimum Gasteiger partial charge on any atom is -1.00 e. The van der Waals surface area contributed by atoms with Gasteiger partial charge in [-0.3, -0.25) is 24.0 Å². The third kappa shape index (κ3) is 4.49. The molecule has 0 aliphatic heterocycles. The number of carbonyl (C=O) groups excluding carboxylic acids is 5. The molecule has 1 aliphatic rings. The number of esters is 1. The molecule has 0 aromatic rings. The van der Waals surface area contributed by atoms with Crippen LogP contribution in [0.25, 0.3) is 0 Å². The highest BCUT2D eigenvalue weighted by atomic mass is 35.5. The van der Waals surface area contributed by atoms with Crippen LogP contribution in [-0.2, 0) is 28.7 Å². The lowest BCUT2D eigenvalue weighted by atomic mass is 9.82. The molecule has 0 aromatic carbocycles. The number of ketones is 4. The Labute approximate surface area is 138 Å². The summed E-state index contributed by atoms with van der Waals surface area (Å²) in [7, 11) is 0. The smallest absolute Gasteiger partial charge is 0.325 e. The predicted octanol–water partition coefficient (Wildman–Crippen LogP) is -5.50. The van der Waals surface area contributed by atoms with E-state index in [1.165, 1.54) is 0 Å². The number of quaternary nitrogens is 1. The summed E-state index contributed by atoms with van der Waals surface area (Å²) in [6.45, 7) is 5.91. The maximum Gasteiger partial charge on any atom is 0.325 e. The average Bonchev–Trinajstić information content (AvgIpc) is 2.50. The van der Waals surface area contributed by atoms with Gasteiger partial charge in [0.05, 0.1) is 13.1 Å². The quantitative estimate of drug-likeness (QED) is 0.210. The molecule has 0 aromatic heterocycles. The van der Waals surface area contributed by atoms with Gasteiger partial charge in [-0.2, -0.15) is 0 Å². The summed E-state index contributed by atoms with van der Waals surface area (Å²) in [5, 5.41) is 2.17. The van der Waals surface area contributed by atoms with Crippen LogP contribution in [-0.4, -0.2) is 61.4 Å². The third-order valence-electron chi connectivity index (χ3n) is 3.55. The number of nitrogens with zero attached hydrogens (tertiary/aromatic N) is 1. The van der Waals surface area contributed by atoms with Crippen molar-refractivity contribution >= 4 is 29.1 Å². The zero-order valence-corrected chi connectivity index (χ0v) is 13.4. The minimum absolute atomic E-state index is 0. The molecule has 1 aliphatic carbocycles. The second kappa shape index (κ2) is 9.21. The fourth-order valence-electron chi connectivity index (χ4n) is 2.08. The first-order valence-corrected chi connectivity index (χ1v) is 6.87. The molecule has 0 bridgehead atoms. The zero-order chi connectivity index (χ0) is 16.9. The van der Waals surface area contributed by atoms with Crippen LogP contribution in [0, 0.1) is 10.8 Å². The van der Waals surface area contributed by atoms with Gasteiger partial charge in [0.1, 0.15) is 13.2 Å². The topological polar surface area (TPSA) is 128 Å². The Morgan fingerprint density at radius 2 is 1.52 bits per heavy atom. The molecule has 1 fully saturated rings. The molecule has 23 heavy (non-hydrogen) atoms. The van der Waals surface area contributed by atoms with E-state index in [1.54, 1.807) is 0 Å². The number of ether oxygens (including phenoxy) is 1. The summed E-state index contributed by atoms with van der Waals surface area (Å²) < 4.78 is 4.81. The van der Waals surface area contributed by atoms with Gasteiger partial charge in [0.2, 0.25) is 29.2 Å². The molecule has 0 saturated heterocycles. The number of likely N-dealkylation sites (N-methyl/N-ethyl adjacent to an activating group) is 1. The Balaban J connectivity index is 0.00000484. The van der Waals surface area contributed by atoms with Crippen molar-refractivity contribution in [3.05, 3.63) is 4.91 Å². The van der Waals surface area contributed by atoms with Gasteiger partial charge in [-0.15, -0.1) is 4.91 Å². The first-order chi connectivity index (χ1) is 10.4. The van der Waals surface area contributed by atoms with Crippen molar-refractivity contribution in [2.45, 2.75) is 19.9 Å². The second-order valence-corrected chi connectivity index (χ2v) is 4.77. The van der Waals surface area contributed by atoms with Gasteiger partial charge >= 0.3 is 5.97 Å². The van der Waals surface area contributed by atoms with Gasteiger partial charge in [0.15, 0.2) is 5.92 Å². The van der Waals surface area contributed by atoms with Gasteiger partial charge < -0.3 is 22.0 Å². The number of halogens is 1. The third-order valence-corrected chi connectivity index (χ3v) is 3.55. The Morgan fingerprint density at radius 1 is 1.04 bits per heavy atom. The summed E-state index contributed by atoms with van der Waals surface area (Å²) in [6, 6.07) is -2.18. The van der Waals surface area contributed by atoms with Crippen molar-refractivity contribution in [2.75, 3.05) is 26.2 Å². The number of rotatable bonds is 7. The Bertz CT molecular complexity index is 502. The van der Waals surface area contributed by atoms with Gasteiger partial charge in [-0.25, -0.2) is 0 Å². The number of nitroso groups, excluding NO2 is 1. The molecule has 0 amide bonds. The Morgan fingerprint density at radius 3 is 1.91 bits per heavy atom. The fourth-order valence-corrected chi connectivity index (χ4v) is 2.08. The van der Waals surface area contributed by atoms with Crippen LogP contribution in [0.3, 0.4) is 0 Å². The number of Topliss-reactive ketones (excluding diaryl/α,β-unsaturated/α-hetero) is 4. The van der Waals surface area contributed by atoms with E-state index in [0.717, 1.165) is 18.0 Å². The van der Waals surface area contributed by atoms with Crippen LogP contribution in [0.4, 0.5) is 0 Å². The second-order valence-electron chi connectivity index (χ2n) is 4.77. The van der Waals surface area contributed by atoms with Gasteiger partial charge in [0, 0.05) is 0 Å². The first-order valence-electron chi connectivity index (χ1n) is 6.87. The number of hydrogen-bond acceptors (Lipinski definition) is 8. The Hall–Kier alpha value is -2.00. The maximum atomic E-state index is 11.8. The molecule has 1 rings (SSSR count). The molecule has 1 N–H and O–H groups in total. The van der Waals surface area contributed by atoms with Crippen molar-refractivity contribution < 1.29 is 46.0 Å². The van der Waals surface area contributed by atoms with Crippen LogP contribution in [0.15, 0.2) is 5.18 Å². The van der Waals surface area contributed by atoms with E-state index in [4.69, 9.17) is 4.74 Å². The molecular weight excluding hydrogens is 332 g/mol. The van der Waals surface area contributed by atoms with E-state index in [2.05, 4.69) is 5.18 Å². The highest BCUT2D eigenvalue weighted by Crippen LogP contribution is 2.16. The standard InChI is InChI=1S/C13H16N2O7.ClH/c1-3-15(4-2)5-6-22-13(20)7-9(16)11(18)8(14-21)12(19)10(7)17;/h7-8H,3-6H2,1-2H3;1H. The molecular formula is C13H17ClN2O7. The van der Waals surface area contributed by atoms with Crippen LogP contribution in [0.1, 0.15) is 13.8 Å². The molecule has 0 spiro atoms. The Kier molecular flexibility index (Phi) is 8.41. The van der Waals surface area contributed by atoms with Gasteiger partial charge in [0.25, 0.3) is 0 Å². The molecule has 0 unspecified atom stereocenters. The normalized spacial score (nSPS) is 21.2. The maximum absolute atomic E-state index is 11.8. The number of carbonyl (C=O) groups is 5. The van der Waals surface area contributed by atoms with Crippen molar-refractivity contribution in [3.63, 3.8) is 0 Å². The molecule has 128 valence electrons. The highest BCUT2D eigenvalue weighted by Gasteiger charge is 2.53. The van der Waals surface area contributed by atoms with Gasteiger partial charge in [-0.1, -0.05) is 0 Å². The number of nitrogens with one attached hydrogen (secondary N) is 1. The number of hydrogen-bond donors (Lipinski definition) is 1. The van der Waals surface area contributed by atoms with E-state index in [0.29, 0.717) is 6.54 Å². The minimum atomic E-state index is -2.18. The monoisotopic (exact) mass is 348 g/mol. The average molecular weight is 349 g/mol. The van der Waals surface area contributed by atoms with Crippen molar-refractivity contribution in [1.29, 1.82) is 0 Å². The summed E-state index contributed by atoms with van der Waals surface area (Å²) in [4.78, 5) is 69.5. The van der Waals surface area contributed by atoms with Crippen molar-refractivity contribution in [3.8, 4) is 0 Å². The molecule has 0 atom stereocenters. The van der Waals surface area contributed by atoms with Gasteiger partial charge in [-0.05, 0) is 19.0 Å². The summed E-state index contributed by atoms with van der Waals surface area (Å²) in [5.74, 6) is -9.09. The van der Waals surface area contributed by atoms with E-state index in [9.17, 15) is 28.9 Å². The van der Waals surface area contributed by atoms with E-state index in [1.807, 2.05) is 13.8 Å². The lowest BCUT2D eigenvalue weighted by molar-refractivity contribution is -0.896. The summed E-state index contributed by atoms with van der Waals surface area (Å²) in [6.07, 6.45) is 0. The van der Waals surface area contributed by atoms with Crippen LogP contribution in [0.2, 0.25) is 0 Å². The SMILES string of the molecule is CC[NH+](CC)CCOC(=O)C1C(=O)C(=O)C(N=O)C(=O)C1=O.[Cl-]. The van der Waals surface area contributed by atoms with E-state index in [-0.39, 0.29) is 19.0 Å². The van der Waals surface area contributed by atoms with Crippen LogP contribution in [0.5, 0.6) is 0 Å². The fraction of sp³-hybridized carbons (Fsp3) is 0.615. The molecule has 0 heterocycles. The largest absolute Gasteiger partial charge is 1.00 e. The first kappa shape index (κ1) is 21.0. The molecule has 0 radical (unpaired) electrons. The van der Waals surface area contributed by atoms with Crippen LogP contribution < -0.4 is 17.3 Å². The summed E-state index contributed by atoms with van der Waals surface area (Å²) in [5.41, 5.74) is 0. The van der Waals surface area contributed by atoms with Crippen molar-refractivity contribution in [2.24, 2.45) is 11.1 Å². The summed E-state index contributed by atoms with van der Waals surface area (Å²) >= 11 is 0. The highest BCUT2D eigenvalue weighted by molar-refractivity contribution is 6.65. The molecule has 10 heteroatoms. The van der Waals surface area contributed by atoms with E-state index < -0.39 is 41.1 Å². The van der Waals surface area contributed by atoms with Crippen LogP contribution >= 0.6 is 0 Å².